The van der Waals surface area contributed by atoms with Crippen LogP contribution in [0.2, 0.25) is 0 Å². The third kappa shape index (κ3) is 3.60. The van der Waals surface area contributed by atoms with E-state index in [9.17, 15) is 0 Å². The van der Waals surface area contributed by atoms with Crippen molar-refractivity contribution in [2.75, 3.05) is 13.1 Å². The molecule has 3 unspecified atom stereocenters. The topological polar surface area (TPSA) is 38.5 Å². The van der Waals surface area contributed by atoms with Crippen LogP contribution in [0.15, 0.2) is 24.3 Å². The molecular formula is C17H28N2O. The highest BCUT2D eigenvalue weighted by molar-refractivity contribution is 5.25. The van der Waals surface area contributed by atoms with Gasteiger partial charge in [-0.1, -0.05) is 29.8 Å². The van der Waals surface area contributed by atoms with E-state index in [0.717, 1.165) is 13.1 Å². The Balaban J connectivity index is 2.09. The van der Waals surface area contributed by atoms with E-state index in [-0.39, 0.29) is 17.7 Å². The molecule has 1 heterocycles. The van der Waals surface area contributed by atoms with Crippen LogP contribution in [0.1, 0.15) is 44.9 Å². The molecule has 1 aliphatic rings. The molecule has 1 aromatic carbocycles. The van der Waals surface area contributed by atoms with Gasteiger partial charge in [0.1, 0.15) is 0 Å². The first-order valence-electron chi connectivity index (χ1n) is 7.52. The first kappa shape index (κ1) is 15.5. The number of aryl methyl sites for hydroxylation is 1. The van der Waals surface area contributed by atoms with Gasteiger partial charge < -0.3 is 10.5 Å². The molecule has 0 aliphatic carbocycles. The number of nitrogens with two attached hydrogens (primary N) is 1. The summed E-state index contributed by atoms with van der Waals surface area (Å²) in [6, 6.07) is 8.90. The molecule has 0 bridgehead atoms. The third-order valence-electron chi connectivity index (χ3n) is 4.15. The second-order valence-electron chi connectivity index (χ2n) is 6.79. The van der Waals surface area contributed by atoms with Gasteiger partial charge in [-0.2, -0.15) is 0 Å². The average Bonchev–Trinajstić information content (AvgIpc) is 2.35. The smallest absolute Gasteiger partial charge is 0.0757 e. The van der Waals surface area contributed by atoms with Crippen molar-refractivity contribution in [2.45, 2.75) is 58.4 Å². The Kier molecular flexibility index (Phi) is 4.52. The molecule has 2 N–H and O–H groups in total. The lowest BCUT2D eigenvalue weighted by molar-refractivity contribution is -0.138. The van der Waals surface area contributed by atoms with Crippen molar-refractivity contribution >= 4 is 0 Å². The summed E-state index contributed by atoms with van der Waals surface area (Å²) in [6.07, 6.45) is 0.256. The first-order valence-corrected chi connectivity index (χ1v) is 7.52. The fraction of sp³-hybridized carbons (Fsp3) is 0.647. The van der Waals surface area contributed by atoms with E-state index in [0.29, 0.717) is 6.04 Å². The molecule has 0 amide bonds. The lowest BCUT2D eigenvalue weighted by atomic mass is 9.96. The molecule has 3 heteroatoms. The normalized spacial score (nSPS) is 26.2. The SMILES string of the molecule is Cc1ccc(C(N)C(C)N2CC(C)OC(C)(C)C2)cc1. The summed E-state index contributed by atoms with van der Waals surface area (Å²) < 4.78 is 5.97. The van der Waals surface area contributed by atoms with E-state index in [2.05, 4.69) is 63.8 Å². The number of rotatable bonds is 3. The highest BCUT2D eigenvalue weighted by atomic mass is 16.5. The maximum atomic E-state index is 6.47. The minimum atomic E-state index is -0.0983. The molecule has 1 aromatic rings. The Hall–Kier alpha value is -0.900. The fourth-order valence-corrected chi connectivity index (χ4v) is 3.11. The lowest BCUT2D eigenvalue weighted by Crippen LogP contribution is -2.56. The van der Waals surface area contributed by atoms with Crippen LogP contribution in [-0.4, -0.2) is 35.7 Å². The van der Waals surface area contributed by atoms with Crippen molar-refractivity contribution in [1.82, 2.24) is 4.90 Å². The van der Waals surface area contributed by atoms with Gasteiger partial charge in [-0.3, -0.25) is 4.90 Å². The molecule has 0 saturated carbocycles. The molecule has 1 saturated heterocycles. The minimum Gasteiger partial charge on any atom is -0.370 e. The molecule has 0 radical (unpaired) electrons. The number of hydrogen-bond acceptors (Lipinski definition) is 3. The summed E-state index contributed by atoms with van der Waals surface area (Å²) in [7, 11) is 0. The standard InChI is InChI=1S/C17H28N2O/c1-12-6-8-15(9-7-12)16(18)14(3)19-10-13(2)20-17(4,5)11-19/h6-9,13-14,16H,10-11,18H2,1-5H3. The zero-order valence-electron chi connectivity index (χ0n) is 13.4. The number of nitrogens with zero attached hydrogens (tertiary/aromatic N) is 1. The Morgan fingerprint density at radius 2 is 1.90 bits per heavy atom. The van der Waals surface area contributed by atoms with Crippen molar-refractivity contribution in [3.63, 3.8) is 0 Å². The van der Waals surface area contributed by atoms with Crippen molar-refractivity contribution in [3.8, 4) is 0 Å². The summed E-state index contributed by atoms with van der Waals surface area (Å²) in [5.41, 5.74) is 8.85. The highest BCUT2D eigenvalue weighted by Gasteiger charge is 2.35. The van der Waals surface area contributed by atoms with Crippen molar-refractivity contribution in [1.29, 1.82) is 0 Å². The van der Waals surface area contributed by atoms with Crippen molar-refractivity contribution in [2.24, 2.45) is 5.73 Å². The summed E-state index contributed by atoms with van der Waals surface area (Å²) in [5.74, 6) is 0. The predicted molar refractivity (Wildman–Crippen MR) is 83.8 cm³/mol. The zero-order valence-corrected chi connectivity index (χ0v) is 13.4. The van der Waals surface area contributed by atoms with E-state index >= 15 is 0 Å². The maximum absolute atomic E-state index is 6.47. The minimum absolute atomic E-state index is 0.0386. The maximum Gasteiger partial charge on any atom is 0.0757 e. The van der Waals surface area contributed by atoms with Gasteiger partial charge in [0, 0.05) is 25.2 Å². The first-order chi connectivity index (χ1) is 9.28. The summed E-state index contributed by atoms with van der Waals surface area (Å²) >= 11 is 0. The predicted octanol–water partition coefficient (Wildman–Crippen LogP) is 2.88. The molecule has 1 fully saturated rings. The monoisotopic (exact) mass is 276 g/mol. The van der Waals surface area contributed by atoms with Gasteiger partial charge in [-0.05, 0) is 40.2 Å². The molecule has 2 rings (SSSR count). The van der Waals surface area contributed by atoms with Gasteiger partial charge in [-0.15, -0.1) is 0 Å². The van der Waals surface area contributed by atoms with E-state index in [4.69, 9.17) is 10.5 Å². The molecule has 1 aliphatic heterocycles. The number of benzene rings is 1. The van der Waals surface area contributed by atoms with Gasteiger partial charge in [0.15, 0.2) is 0 Å². The molecule has 0 spiro atoms. The van der Waals surface area contributed by atoms with Gasteiger partial charge in [-0.25, -0.2) is 0 Å². The summed E-state index contributed by atoms with van der Waals surface area (Å²) in [4.78, 5) is 2.46. The van der Waals surface area contributed by atoms with Crippen molar-refractivity contribution in [3.05, 3.63) is 35.4 Å². The second kappa shape index (κ2) is 5.84. The number of hydrogen-bond donors (Lipinski definition) is 1. The third-order valence-corrected chi connectivity index (χ3v) is 4.15. The van der Waals surface area contributed by atoms with Crippen LogP contribution in [0.3, 0.4) is 0 Å². The van der Waals surface area contributed by atoms with Gasteiger partial charge >= 0.3 is 0 Å². The summed E-state index contributed by atoms with van der Waals surface area (Å²) in [5, 5.41) is 0. The fourth-order valence-electron chi connectivity index (χ4n) is 3.11. The van der Waals surface area contributed by atoms with Gasteiger partial charge in [0.2, 0.25) is 0 Å². The Bertz CT molecular complexity index is 441. The van der Waals surface area contributed by atoms with E-state index in [1.807, 2.05) is 0 Å². The van der Waals surface area contributed by atoms with Crippen LogP contribution < -0.4 is 5.73 Å². The second-order valence-corrected chi connectivity index (χ2v) is 6.79. The quantitative estimate of drug-likeness (QED) is 0.922. The molecule has 3 nitrogen and oxygen atoms in total. The summed E-state index contributed by atoms with van der Waals surface area (Å²) in [6.45, 7) is 12.6. The van der Waals surface area contributed by atoms with Crippen LogP contribution in [0.25, 0.3) is 0 Å². The molecule has 3 atom stereocenters. The molecule has 0 aromatic heterocycles. The van der Waals surface area contributed by atoms with E-state index in [1.54, 1.807) is 0 Å². The molecular weight excluding hydrogens is 248 g/mol. The molecule has 20 heavy (non-hydrogen) atoms. The van der Waals surface area contributed by atoms with E-state index in [1.165, 1.54) is 11.1 Å². The van der Waals surface area contributed by atoms with Crippen LogP contribution in [0.5, 0.6) is 0 Å². The van der Waals surface area contributed by atoms with Gasteiger partial charge in [0.05, 0.1) is 11.7 Å². The Labute approximate surface area is 123 Å². The lowest BCUT2D eigenvalue weighted by Gasteiger charge is -2.45. The largest absolute Gasteiger partial charge is 0.370 e. The Morgan fingerprint density at radius 3 is 2.45 bits per heavy atom. The van der Waals surface area contributed by atoms with Crippen LogP contribution in [0, 0.1) is 6.92 Å². The number of ether oxygens (including phenoxy) is 1. The molecule has 112 valence electrons. The van der Waals surface area contributed by atoms with Crippen LogP contribution >= 0.6 is 0 Å². The van der Waals surface area contributed by atoms with E-state index < -0.39 is 0 Å². The number of morpholine rings is 1. The highest BCUT2D eigenvalue weighted by Crippen LogP contribution is 2.26. The van der Waals surface area contributed by atoms with Crippen LogP contribution in [0.4, 0.5) is 0 Å². The average molecular weight is 276 g/mol. The van der Waals surface area contributed by atoms with Crippen molar-refractivity contribution < 1.29 is 4.74 Å². The zero-order chi connectivity index (χ0) is 14.9. The Morgan fingerprint density at radius 1 is 1.30 bits per heavy atom. The van der Waals surface area contributed by atoms with Gasteiger partial charge in [0.25, 0.3) is 0 Å². The van der Waals surface area contributed by atoms with Crippen LogP contribution in [-0.2, 0) is 4.74 Å².